The van der Waals surface area contributed by atoms with Crippen molar-refractivity contribution < 1.29 is 33.0 Å². The summed E-state index contributed by atoms with van der Waals surface area (Å²) in [4.78, 5) is 36.6. The van der Waals surface area contributed by atoms with E-state index in [0.717, 1.165) is 0 Å². The van der Waals surface area contributed by atoms with Gasteiger partial charge in [-0.05, 0) is 37.6 Å². The molecule has 1 heterocycles. The summed E-state index contributed by atoms with van der Waals surface area (Å²) in [6.07, 6.45) is 1.19. The van der Waals surface area contributed by atoms with Crippen LogP contribution in [-0.2, 0) is 14.3 Å². The Morgan fingerprint density at radius 1 is 1.20 bits per heavy atom. The van der Waals surface area contributed by atoms with E-state index in [4.69, 9.17) is 14.2 Å². The monoisotopic (exact) mass is 484 g/mol. The molecule has 2 aromatic rings. The fourth-order valence-corrected chi connectivity index (χ4v) is 3.34. The number of amides is 3. The van der Waals surface area contributed by atoms with Gasteiger partial charge in [0, 0.05) is 11.3 Å². The zero-order chi connectivity index (χ0) is 25.4. The number of carbonyl (C=O) groups excluding carboxylic acids is 3. The van der Waals surface area contributed by atoms with E-state index < -0.39 is 29.8 Å². The Morgan fingerprint density at radius 2 is 1.97 bits per heavy atom. The van der Waals surface area contributed by atoms with E-state index in [-0.39, 0.29) is 35.8 Å². The van der Waals surface area contributed by atoms with Crippen molar-refractivity contribution in [1.29, 1.82) is 0 Å². The van der Waals surface area contributed by atoms with Gasteiger partial charge in [0.25, 0.3) is 5.91 Å². The number of nitrogens with zero attached hydrogens (tertiary/aromatic N) is 1. The van der Waals surface area contributed by atoms with Crippen molar-refractivity contribution >= 4 is 24.1 Å². The predicted molar refractivity (Wildman–Crippen MR) is 124 cm³/mol. The molecule has 0 bridgehead atoms. The number of carbonyl (C=O) groups is 3. The Kier molecular flexibility index (Phi) is 8.38. The molecule has 0 aliphatic carbocycles. The molecular weight excluding hydrogens is 459 g/mol. The number of hydrazone groups is 1. The number of urea groups is 1. The van der Waals surface area contributed by atoms with E-state index >= 15 is 0 Å². The summed E-state index contributed by atoms with van der Waals surface area (Å²) in [6, 6.07) is 9.53. The first-order valence-electron chi connectivity index (χ1n) is 10.7. The van der Waals surface area contributed by atoms with Crippen LogP contribution in [0.25, 0.3) is 0 Å². The van der Waals surface area contributed by atoms with E-state index in [9.17, 15) is 18.8 Å². The maximum Gasteiger partial charge on any atom is 0.338 e. The van der Waals surface area contributed by atoms with E-state index in [1.54, 1.807) is 44.2 Å². The highest BCUT2D eigenvalue weighted by atomic mass is 19.1. The van der Waals surface area contributed by atoms with Gasteiger partial charge in [-0.3, -0.25) is 4.79 Å². The van der Waals surface area contributed by atoms with E-state index in [1.807, 2.05) is 0 Å². The maximum atomic E-state index is 13.6. The molecule has 0 spiro atoms. The Labute approximate surface area is 201 Å². The molecule has 2 aromatic carbocycles. The highest BCUT2D eigenvalue weighted by molar-refractivity contribution is 5.95. The normalized spacial score (nSPS) is 15.3. The third kappa shape index (κ3) is 6.34. The van der Waals surface area contributed by atoms with Crippen molar-refractivity contribution in [2.45, 2.75) is 19.9 Å². The van der Waals surface area contributed by atoms with Gasteiger partial charge < -0.3 is 24.8 Å². The summed E-state index contributed by atoms with van der Waals surface area (Å²) in [5.74, 6) is -1.07. The topological polar surface area (TPSA) is 127 Å². The van der Waals surface area contributed by atoms with Gasteiger partial charge >= 0.3 is 12.0 Å². The van der Waals surface area contributed by atoms with Crippen molar-refractivity contribution in [2.24, 2.45) is 5.10 Å². The first-order valence-corrected chi connectivity index (χ1v) is 10.7. The minimum atomic E-state index is -0.776. The van der Waals surface area contributed by atoms with Crippen LogP contribution in [0.3, 0.4) is 0 Å². The number of ether oxygens (including phenoxy) is 3. The lowest BCUT2D eigenvalue weighted by Crippen LogP contribution is -2.45. The summed E-state index contributed by atoms with van der Waals surface area (Å²) in [6.45, 7) is 3.09. The number of benzene rings is 2. The molecule has 0 unspecified atom stereocenters. The van der Waals surface area contributed by atoms with Gasteiger partial charge in [-0.1, -0.05) is 24.3 Å². The van der Waals surface area contributed by atoms with Crippen LogP contribution in [0.4, 0.5) is 9.18 Å². The molecule has 0 fully saturated rings. The highest BCUT2D eigenvalue weighted by Crippen LogP contribution is 2.34. The summed E-state index contributed by atoms with van der Waals surface area (Å²) in [5.41, 5.74) is 3.66. The second-order valence-corrected chi connectivity index (χ2v) is 7.30. The third-order valence-corrected chi connectivity index (χ3v) is 4.94. The molecule has 0 radical (unpaired) electrons. The molecular formula is C24H25FN4O6. The molecule has 3 amide bonds. The number of rotatable bonds is 9. The zero-order valence-electron chi connectivity index (χ0n) is 19.4. The lowest BCUT2D eigenvalue weighted by atomic mass is 9.95. The minimum absolute atomic E-state index is 0.179. The summed E-state index contributed by atoms with van der Waals surface area (Å²) in [5, 5.41) is 8.99. The number of hydrogen-bond donors (Lipinski definition) is 3. The third-order valence-electron chi connectivity index (χ3n) is 4.94. The molecule has 0 aromatic heterocycles. The Balaban J connectivity index is 1.70. The number of nitrogens with one attached hydrogen (secondary N) is 3. The molecule has 3 N–H and O–H groups in total. The average Bonchev–Trinajstić information content (AvgIpc) is 2.83. The average molecular weight is 484 g/mol. The van der Waals surface area contributed by atoms with E-state index in [0.29, 0.717) is 11.3 Å². The van der Waals surface area contributed by atoms with Crippen molar-refractivity contribution in [2.75, 3.05) is 20.3 Å². The molecule has 1 aliphatic rings. The van der Waals surface area contributed by atoms with Crippen LogP contribution in [0.1, 0.15) is 31.0 Å². The standard InChI is InChI=1S/C24H25FN4O6/c1-4-34-23(31)21-14(2)27-24(32)28-22(21)15-9-10-18(19(11-15)33-3)35-13-20(30)29-26-12-16-7-5-6-8-17(16)25/h5-12,22H,4,13H2,1-3H3,(H,29,30)(H2,27,28,32)/b26-12-/t22-/m1/s1. The maximum absolute atomic E-state index is 13.6. The highest BCUT2D eigenvalue weighted by Gasteiger charge is 2.32. The van der Waals surface area contributed by atoms with Crippen molar-refractivity contribution in [3.8, 4) is 11.5 Å². The Bertz CT molecular complexity index is 1180. The van der Waals surface area contributed by atoms with Gasteiger partial charge in [0.2, 0.25) is 0 Å². The zero-order valence-corrected chi connectivity index (χ0v) is 19.4. The van der Waals surface area contributed by atoms with Crippen LogP contribution in [0.2, 0.25) is 0 Å². The Hall–Kier alpha value is -4.41. The van der Waals surface area contributed by atoms with Gasteiger partial charge in [0.1, 0.15) is 5.82 Å². The first kappa shape index (κ1) is 25.2. The van der Waals surface area contributed by atoms with Gasteiger partial charge in [-0.25, -0.2) is 19.4 Å². The minimum Gasteiger partial charge on any atom is -0.493 e. The van der Waals surface area contributed by atoms with Crippen molar-refractivity contribution in [3.63, 3.8) is 0 Å². The number of allylic oxidation sites excluding steroid dienone is 1. The van der Waals surface area contributed by atoms with Crippen LogP contribution >= 0.6 is 0 Å². The molecule has 1 atom stereocenters. The SMILES string of the molecule is CCOC(=O)C1=C(C)NC(=O)N[C@@H]1c1ccc(OCC(=O)N/N=C\c2ccccc2F)c(OC)c1. The second-order valence-electron chi connectivity index (χ2n) is 7.30. The van der Waals surface area contributed by atoms with Crippen molar-refractivity contribution in [1.82, 2.24) is 16.1 Å². The summed E-state index contributed by atoms with van der Waals surface area (Å²) < 4.78 is 29.6. The van der Waals surface area contributed by atoms with E-state index in [1.165, 1.54) is 25.5 Å². The number of esters is 1. The quantitative estimate of drug-likeness (QED) is 0.285. The van der Waals surface area contributed by atoms with Crippen LogP contribution < -0.4 is 25.5 Å². The molecule has 3 rings (SSSR count). The second kappa shape index (κ2) is 11.6. The molecule has 1 aliphatic heterocycles. The van der Waals surface area contributed by atoms with Crippen LogP contribution in [0, 0.1) is 5.82 Å². The predicted octanol–water partition coefficient (Wildman–Crippen LogP) is 2.55. The molecule has 10 nitrogen and oxygen atoms in total. The molecule has 0 saturated carbocycles. The number of methoxy groups -OCH3 is 1. The lowest BCUT2D eigenvalue weighted by Gasteiger charge is -2.28. The van der Waals surface area contributed by atoms with Crippen molar-refractivity contribution in [3.05, 3.63) is 70.7 Å². The largest absolute Gasteiger partial charge is 0.493 e. The van der Waals surface area contributed by atoms with E-state index in [2.05, 4.69) is 21.2 Å². The molecule has 0 saturated heterocycles. The smallest absolute Gasteiger partial charge is 0.338 e. The summed E-state index contributed by atoms with van der Waals surface area (Å²) in [7, 11) is 1.42. The lowest BCUT2D eigenvalue weighted by molar-refractivity contribution is -0.139. The number of hydrogen-bond acceptors (Lipinski definition) is 7. The number of halogens is 1. The fourth-order valence-electron chi connectivity index (χ4n) is 3.34. The molecule has 11 heteroatoms. The summed E-state index contributed by atoms with van der Waals surface area (Å²) >= 11 is 0. The molecule has 184 valence electrons. The van der Waals surface area contributed by atoms with Gasteiger partial charge in [-0.15, -0.1) is 0 Å². The van der Waals surface area contributed by atoms with Crippen LogP contribution in [0.5, 0.6) is 11.5 Å². The molecule has 35 heavy (non-hydrogen) atoms. The van der Waals surface area contributed by atoms with Crippen LogP contribution in [-0.4, -0.2) is 44.4 Å². The fraction of sp³-hybridized carbons (Fsp3) is 0.250. The van der Waals surface area contributed by atoms with Crippen LogP contribution in [0.15, 0.2) is 58.8 Å². The Morgan fingerprint density at radius 3 is 2.69 bits per heavy atom. The first-order chi connectivity index (χ1) is 16.8. The van der Waals surface area contributed by atoms with Gasteiger partial charge in [0.05, 0.1) is 31.5 Å². The van der Waals surface area contributed by atoms with Gasteiger partial charge in [-0.2, -0.15) is 5.10 Å². The van der Waals surface area contributed by atoms with Gasteiger partial charge in [0.15, 0.2) is 18.1 Å².